The van der Waals surface area contributed by atoms with Gasteiger partial charge in [-0.15, -0.1) is 0 Å². The highest BCUT2D eigenvalue weighted by Crippen LogP contribution is 2.42. The minimum absolute atomic E-state index is 0.0443. The van der Waals surface area contributed by atoms with Crippen molar-refractivity contribution in [3.05, 3.63) is 12.2 Å². The summed E-state index contributed by atoms with van der Waals surface area (Å²) in [6, 6.07) is 0. The fourth-order valence-electron chi connectivity index (χ4n) is 5.70. The predicted molar refractivity (Wildman–Crippen MR) is 119 cm³/mol. The average Bonchev–Trinajstić information content (AvgIpc) is 2.77. The third-order valence-electron chi connectivity index (χ3n) is 7.76. The largest absolute Gasteiger partial charge is 0.469 e. The first-order chi connectivity index (χ1) is 15.6. The maximum Gasteiger partial charge on any atom is 0.305 e. The molecule has 0 radical (unpaired) electrons. The molecular weight excluding hydrogens is 428 g/mol. The minimum atomic E-state index is -0.674. The van der Waals surface area contributed by atoms with E-state index in [9.17, 15) is 9.90 Å². The molecule has 1 N–H and O–H groups in total. The van der Waals surface area contributed by atoms with Gasteiger partial charge in [0, 0.05) is 25.2 Å². The number of hydrogen-bond acceptors (Lipinski definition) is 8. The predicted octanol–water partition coefficient (Wildman–Crippen LogP) is 2.75. The van der Waals surface area contributed by atoms with Gasteiger partial charge < -0.3 is 33.5 Å². The molecule has 4 saturated heterocycles. The third kappa shape index (κ3) is 5.46. The monoisotopic (exact) mass is 468 g/mol. The molecule has 4 aliphatic rings. The Morgan fingerprint density at radius 2 is 1.91 bits per heavy atom. The van der Waals surface area contributed by atoms with Crippen molar-refractivity contribution in [2.45, 2.75) is 114 Å². The van der Waals surface area contributed by atoms with Gasteiger partial charge in [-0.1, -0.05) is 20.4 Å². The van der Waals surface area contributed by atoms with Gasteiger partial charge in [-0.05, 0) is 38.2 Å². The Bertz CT molecular complexity index is 723. The number of rotatable bonds is 5. The molecule has 0 aromatic heterocycles. The summed E-state index contributed by atoms with van der Waals surface area (Å²) in [5.74, 6) is -0.685. The first-order valence-electron chi connectivity index (χ1n) is 12.3. The zero-order chi connectivity index (χ0) is 23.9. The Balaban J connectivity index is 1.40. The SMILES string of the molecule is C=C1C(CC2O[C@H]3C[C@H]4OC(C)(C)OC[C@H]4O[C@H]3[C@H](C)C2O)O[C@@H](CCC(=O)OC)C[C@H]1C. The highest BCUT2D eigenvalue weighted by Gasteiger charge is 2.52. The number of aliphatic hydroxyl groups is 1. The summed E-state index contributed by atoms with van der Waals surface area (Å²) in [7, 11) is 1.40. The van der Waals surface area contributed by atoms with Crippen molar-refractivity contribution >= 4 is 5.97 Å². The molecule has 33 heavy (non-hydrogen) atoms. The molecule has 0 aromatic carbocycles. The molecule has 4 rings (SSSR count). The number of carbonyl (C=O) groups is 1. The van der Waals surface area contributed by atoms with E-state index < -0.39 is 11.9 Å². The van der Waals surface area contributed by atoms with E-state index in [0.717, 1.165) is 12.0 Å². The fraction of sp³-hybridized carbons (Fsp3) is 0.880. The molecule has 4 aliphatic heterocycles. The number of methoxy groups -OCH3 is 1. The van der Waals surface area contributed by atoms with Crippen LogP contribution in [0.1, 0.15) is 59.8 Å². The van der Waals surface area contributed by atoms with Gasteiger partial charge in [-0.2, -0.15) is 0 Å². The third-order valence-corrected chi connectivity index (χ3v) is 7.76. The summed E-state index contributed by atoms with van der Waals surface area (Å²) in [6.45, 7) is 12.7. The van der Waals surface area contributed by atoms with Crippen LogP contribution in [0.4, 0.5) is 0 Å². The summed E-state index contributed by atoms with van der Waals surface area (Å²) in [4.78, 5) is 11.6. The van der Waals surface area contributed by atoms with Crippen molar-refractivity contribution in [1.29, 1.82) is 0 Å². The Labute approximate surface area is 196 Å². The average molecular weight is 469 g/mol. The summed E-state index contributed by atoms with van der Waals surface area (Å²) < 4.78 is 35.7. The topological polar surface area (TPSA) is 92.7 Å². The lowest BCUT2D eigenvalue weighted by atomic mass is 9.79. The summed E-state index contributed by atoms with van der Waals surface area (Å²) >= 11 is 0. The van der Waals surface area contributed by atoms with Crippen LogP contribution in [0.2, 0.25) is 0 Å². The van der Waals surface area contributed by atoms with Crippen LogP contribution in [0.5, 0.6) is 0 Å². The Kier molecular flexibility index (Phi) is 7.53. The van der Waals surface area contributed by atoms with Crippen LogP contribution in [0, 0.1) is 11.8 Å². The highest BCUT2D eigenvalue weighted by atomic mass is 16.7. The molecule has 8 heteroatoms. The smallest absolute Gasteiger partial charge is 0.305 e. The number of carbonyl (C=O) groups excluding carboxylic acids is 1. The van der Waals surface area contributed by atoms with Gasteiger partial charge in [-0.25, -0.2) is 0 Å². The summed E-state index contributed by atoms with van der Waals surface area (Å²) in [5, 5.41) is 11.1. The van der Waals surface area contributed by atoms with Crippen LogP contribution < -0.4 is 0 Å². The molecule has 0 spiro atoms. The molecule has 3 unspecified atom stereocenters. The van der Waals surface area contributed by atoms with Crippen molar-refractivity contribution in [3.63, 3.8) is 0 Å². The van der Waals surface area contributed by atoms with Crippen molar-refractivity contribution in [2.75, 3.05) is 13.7 Å². The quantitative estimate of drug-likeness (QED) is 0.486. The Morgan fingerprint density at radius 3 is 2.64 bits per heavy atom. The Morgan fingerprint density at radius 1 is 1.15 bits per heavy atom. The summed E-state index contributed by atoms with van der Waals surface area (Å²) in [5.41, 5.74) is 1.02. The number of fused-ring (bicyclic) bond motifs is 2. The lowest BCUT2D eigenvalue weighted by Gasteiger charge is -2.53. The van der Waals surface area contributed by atoms with E-state index in [1.54, 1.807) is 0 Å². The summed E-state index contributed by atoms with van der Waals surface area (Å²) in [6.07, 6.45) is 1.07. The zero-order valence-corrected chi connectivity index (χ0v) is 20.5. The molecule has 0 aromatic rings. The Hall–Kier alpha value is -1.03. The molecule has 0 amide bonds. The number of esters is 1. The van der Waals surface area contributed by atoms with Crippen molar-refractivity contribution < 1.29 is 38.3 Å². The molecule has 8 nitrogen and oxygen atoms in total. The first-order valence-corrected chi connectivity index (χ1v) is 12.3. The lowest BCUT2D eigenvalue weighted by Crippen LogP contribution is -2.63. The van der Waals surface area contributed by atoms with E-state index in [2.05, 4.69) is 13.5 Å². The number of ether oxygens (including phenoxy) is 6. The van der Waals surface area contributed by atoms with Crippen molar-refractivity contribution in [3.8, 4) is 0 Å². The number of hydrogen-bond donors (Lipinski definition) is 1. The van der Waals surface area contributed by atoms with Crippen LogP contribution in [0.25, 0.3) is 0 Å². The molecule has 0 saturated carbocycles. The van der Waals surface area contributed by atoms with Gasteiger partial charge in [-0.3, -0.25) is 4.79 Å². The van der Waals surface area contributed by atoms with E-state index in [4.69, 9.17) is 28.4 Å². The van der Waals surface area contributed by atoms with Gasteiger partial charge in [0.15, 0.2) is 5.79 Å². The fourth-order valence-corrected chi connectivity index (χ4v) is 5.70. The van der Waals surface area contributed by atoms with E-state index >= 15 is 0 Å². The zero-order valence-electron chi connectivity index (χ0n) is 20.5. The van der Waals surface area contributed by atoms with Gasteiger partial charge in [0.1, 0.15) is 6.10 Å². The molecule has 0 aliphatic carbocycles. The van der Waals surface area contributed by atoms with E-state index in [1.165, 1.54) is 7.11 Å². The van der Waals surface area contributed by atoms with Crippen LogP contribution in [0.3, 0.4) is 0 Å². The second-order valence-corrected chi connectivity index (χ2v) is 10.6. The molecule has 10 atom stereocenters. The second-order valence-electron chi connectivity index (χ2n) is 10.6. The lowest BCUT2D eigenvalue weighted by molar-refractivity contribution is -0.355. The van der Waals surface area contributed by atoms with Gasteiger partial charge in [0.2, 0.25) is 0 Å². The van der Waals surface area contributed by atoms with Crippen LogP contribution in [-0.4, -0.2) is 79.4 Å². The standard InChI is InChI=1S/C25H40O8/c1-13-9-16(7-8-22(26)28-6)30-17(14(13)2)10-19-23(27)15(3)24-20(31-19)11-18-21(32-24)12-29-25(4,5)33-18/h13,15-21,23-24,27H,2,7-12H2,1,3-6H3/t13-,15-,16+,17?,18-,19?,20+,21-,23?,24+/m1/s1. The second kappa shape index (κ2) is 9.91. The number of aliphatic hydroxyl groups excluding tert-OH is 1. The van der Waals surface area contributed by atoms with Gasteiger partial charge in [0.05, 0.1) is 56.4 Å². The molecular formula is C25H40O8. The molecule has 4 heterocycles. The van der Waals surface area contributed by atoms with Gasteiger partial charge >= 0.3 is 5.97 Å². The van der Waals surface area contributed by atoms with E-state index in [-0.39, 0.29) is 60.5 Å². The maximum absolute atomic E-state index is 11.6. The molecule has 4 fully saturated rings. The normalized spacial score (nSPS) is 45.1. The van der Waals surface area contributed by atoms with Crippen LogP contribution >= 0.6 is 0 Å². The van der Waals surface area contributed by atoms with Crippen molar-refractivity contribution in [2.24, 2.45) is 11.8 Å². The maximum atomic E-state index is 11.6. The van der Waals surface area contributed by atoms with Crippen molar-refractivity contribution in [1.82, 2.24) is 0 Å². The first kappa shape index (κ1) is 25.1. The molecule has 188 valence electrons. The highest BCUT2D eigenvalue weighted by molar-refractivity contribution is 5.69. The van der Waals surface area contributed by atoms with Gasteiger partial charge in [0.25, 0.3) is 0 Å². The molecule has 0 bridgehead atoms. The van der Waals surface area contributed by atoms with Crippen LogP contribution in [-0.2, 0) is 33.2 Å². The van der Waals surface area contributed by atoms with Crippen LogP contribution in [0.15, 0.2) is 12.2 Å². The minimum Gasteiger partial charge on any atom is -0.469 e. The van der Waals surface area contributed by atoms with E-state index in [0.29, 0.717) is 32.3 Å². The van der Waals surface area contributed by atoms with E-state index in [1.807, 2.05) is 20.8 Å².